The molecule has 2 aromatic rings. The van der Waals surface area contributed by atoms with Crippen molar-refractivity contribution in [2.75, 3.05) is 0 Å². The molecule has 21 heavy (non-hydrogen) atoms. The van der Waals surface area contributed by atoms with E-state index in [0.717, 1.165) is 18.4 Å². The Morgan fingerprint density at radius 1 is 1.24 bits per heavy atom. The van der Waals surface area contributed by atoms with Gasteiger partial charge in [-0.25, -0.2) is 0 Å². The van der Waals surface area contributed by atoms with Crippen molar-refractivity contribution in [3.05, 3.63) is 42.1 Å². The summed E-state index contributed by atoms with van der Waals surface area (Å²) in [5.74, 6) is 0.401. The van der Waals surface area contributed by atoms with E-state index in [9.17, 15) is 5.11 Å². The van der Waals surface area contributed by atoms with E-state index in [2.05, 4.69) is 31.0 Å². The highest BCUT2D eigenvalue weighted by Crippen LogP contribution is 2.43. The second kappa shape index (κ2) is 5.76. The van der Waals surface area contributed by atoms with Gasteiger partial charge in [0, 0.05) is 11.6 Å². The first-order valence-electron chi connectivity index (χ1n) is 8.08. The zero-order valence-corrected chi connectivity index (χ0v) is 13.0. The fraction of sp³-hybridized carbons (Fsp3) is 0.526. The number of aromatic nitrogens is 1. The predicted octanol–water partition coefficient (Wildman–Crippen LogP) is 4.35. The Morgan fingerprint density at radius 2 is 2.05 bits per heavy atom. The molecule has 0 amide bonds. The zero-order chi connectivity index (χ0) is 14.9. The molecule has 0 bridgehead atoms. The summed E-state index contributed by atoms with van der Waals surface area (Å²) in [6.07, 6.45) is 7.26. The summed E-state index contributed by atoms with van der Waals surface area (Å²) >= 11 is 0. The van der Waals surface area contributed by atoms with Crippen LogP contribution in [0.15, 0.2) is 36.5 Å². The van der Waals surface area contributed by atoms with Crippen LogP contribution in [0.5, 0.6) is 0 Å². The molecule has 1 N–H and O–H groups in total. The Hall–Kier alpha value is -1.41. The second-order valence-electron chi connectivity index (χ2n) is 7.10. The first-order chi connectivity index (χ1) is 10.1. The van der Waals surface area contributed by atoms with Crippen LogP contribution < -0.4 is 0 Å². The molecule has 0 radical (unpaired) electrons. The molecule has 1 fully saturated rings. The van der Waals surface area contributed by atoms with E-state index < -0.39 is 0 Å². The van der Waals surface area contributed by atoms with E-state index in [4.69, 9.17) is 0 Å². The van der Waals surface area contributed by atoms with Gasteiger partial charge in [0.15, 0.2) is 0 Å². The summed E-state index contributed by atoms with van der Waals surface area (Å²) in [5.41, 5.74) is 2.49. The van der Waals surface area contributed by atoms with Crippen LogP contribution in [0.4, 0.5) is 0 Å². The molecule has 2 nitrogen and oxygen atoms in total. The monoisotopic (exact) mass is 283 g/mol. The molecular formula is C19H25NO. The number of rotatable bonds is 3. The minimum atomic E-state index is -0.258. The number of pyridine rings is 1. The molecule has 2 atom stereocenters. The molecule has 1 aromatic carbocycles. The van der Waals surface area contributed by atoms with E-state index in [1.54, 1.807) is 0 Å². The van der Waals surface area contributed by atoms with Gasteiger partial charge in [0.1, 0.15) is 0 Å². The molecule has 0 spiro atoms. The number of aliphatic hydroxyl groups excluding tert-OH is 1. The van der Waals surface area contributed by atoms with Crippen molar-refractivity contribution in [1.82, 2.24) is 4.98 Å². The van der Waals surface area contributed by atoms with Crippen LogP contribution in [-0.2, 0) is 6.42 Å². The van der Waals surface area contributed by atoms with Gasteiger partial charge in [-0.3, -0.25) is 4.98 Å². The van der Waals surface area contributed by atoms with Gasteiger partial charge < -0.3 is 5.11 Å². The minimum absolute atomic E-state index is 0.250. The number of hydrogen-bond acceptors (Lipinski definition) is 2. The van der Waals surface area contributed by atoms with Gasteiger partial charge in [-0.05, 0) is 48.3 Å². The Bertz CT molecular complexity index is 614. The Labute approximate surface area is 127 Å². The van der Waals surface area contributed by atoms with Gasteiger partial charge in [-0.15, -0.1) is 0 Å². The lowest BCUT2D eigenvalue weighted by Crippen LogP contribution is -2.37. The maximum Gasteiger partial charge on any atom is 0.0704 e. The van der Waals surface area contributed by atoms with Crippen molar-refractivity contribution in [3.8, 4) is 0 Å². The lowest BCUT2D eigenvalue weighted by molar-refractivity contribution is 0.00596. The number of nitrogens with zero attached hydrogens (tertiary/aromatic N) is 1. The molecular weight excluding hydrogens is 258 g/mol. The summed E-state index contributed by atoms with van der Waals surface area (Å²) in [6.45, 7) is 4.62. The lowest BCUT2D eigenvalue weighted by atomic mass is 9.66. The van der Waals surface area contributed by atoms with Gasteiger partial charge >= 0.3 is 0 Å². The quantitative estimate of drug-likeness (QED) is 0.908. The second-order valence-corrected chi connectivity index (χ2v) is 7.10. The Kier molecular flexibility index (Phi) is 3.99. The van der Waals surface area contributed by atoms with Gasteiger partial charge in [0.25, 0.3) is 0 Å². The van der Waals surface area contributed by atoms with Crippen molar-refractivity contribution in [2.45, 2.75) is 52.1 Å². The highest BCUT2D eigenvalue weighted by molar-refractivity contribution is 5.81. The van der Waals surface area contributed by atoms with Crippen LogP contribution in [0.3, 0.4) is 0 Å². The molecule has 2 unspecified atom stereocenters. The number of para-hydroxylation sites is 1. The van der Waals surface area contributed by atoms with Crippen LogP contribution in [0.2, 0.25) is 0 Å². The van der Waals surface area contributed by atoms with Crippen LogP contribution in [-0.4, -0.2) is 16.2 Å². The molecule has 3 rings (SSSR count). The summed E-state index contributed by atoms with van der Waals surface area (Å²) in [4.78, 5) is 4.41. The van der Waals surface area contributed by atoms with E-state index in [1.165, 1.54) is 30.2 Å². The topological polar surface area (TPSA) is 33.1 Å². The standard InChI is InChI=1S/C19H25NO/c1-19(2)11-6-5-8-16(19)18(21)13-14-10-12-20-17-9-4-3-7-15(14)17/h3-4,7,9-10,12,16,18,21H,5-6,8,11,13H2,1-2H3. The molecule has 0 saturated heterocycles. The zero-order valence-electron chi connectivity index (χ0n) is 13.0. The normalized spacial score (nSPS) is 23.1. The van der Waals surface area contributed by atoms with Crippen LogP contribution in [0, 0.1) is 11.3 Å². The first kappa shape index (κ1) is 14.5. The number of hydrogen-bond donors (Lipinski definition) is 1. The largest absolute Gasteiger partial charge is 0.392 e. The fourth-order valence-electron chi connectivity index (χ4n) is 3.93. The molecule has 1 saturated carbocycles. The molecule has 2 heteroatoms. The maximum absolute atomic E-state index is 10.8. The van der Waals surface area contributed by atoms with Gasteiger partial charge in [0.05, 0.1) is 11.6 Å². The number of benzene rings is 1. The maximum atomic E-state index is 10.8. The van der Waals surface area contributed by atoms with E-state index >= 15 is 0 Å². The van der Waals surface area contributed by atoms with Gasteiger partial charge in [-0.2, -0.15) is 0 Å². The minimum Gasteiger partial charge on any atom is -0.392 e. The molecule has 1 aliphatic carbocycles. The number of fused-ring (bicyclic) bond motifs is 1. The highest BCUT2D eigenvalue weighted by atomic mass is 16.3. The van der Waals surface area contributed by atoms with Crippen LogP contribution in [0.25, 0.3) is 10.9 Å². The average molecular weight is 283 g/mol. The molecule has 1 heterocycles. The Balaban J connectivity index is 1.84. The van der Waals surface area contributed by atoms with E-state index in [0.29, 0.717) is 5.92 Å². The third kappa shape index (κ3) is 2.96. The van der Waals surface area contributed by atoms with Gasteiger partial charge in [-0.1, -0.05) is 44.9 Å². The molecule has 0 aliphatic heterocycles. The van der Waals surface area contributed by atoms with Crippen LogP contribution in [0.1, 0.15) is 45.1 Å². The predicted molar refractivity (Wildman–Crippen MR) is 87.2 cm³/mol. The fourth-order valence-corrected chi connectivity index (χ4v) is 3.93. The third-order valence-electron chi connectivity index (χ3n) is 5.22. The van der Waals surface area contributed by atoms with Crippen molar-refractivity contribution in [1.29, 1.82) is 0 Å². The van der Waals surface area contributed by atoms with Crippen LogP contribution >= 0.6 is 0 Å². The van der Waals surface area contributed by atoms with E-state index in [1.807, 2.05) is 24.4 Å². The summed E-state index contributed by atoms with van der Waals surface area (Å²) < 4.78 is 0. The summed E-state index contributed by atoms with van der Waals surface area (Å²) in [6, 6.07) is 10.3. The molecule has 1 aliphatic rings. The first-order valence-corrected chi connectivity index (χ1v) is 8.08. The Morgan fingerprint density at radius 3 is 2.86 bits per heavy atom. The average Bonchev–Trinajstić information content (AvgIpc) is 2.47. The third-order valence-corrected chi connectivity index (χ3v) is 5.22. The van der Waals surface area contributed by atoms with Gasteiger partial charge in [0.2, 0.25) is 0 Å². The molecule has 112 valence electrons. The SMILES string of the molecule is CC1(C)CCCCC1C(O)Cc1ccnc2ccccc12. The van der Waals surface area contributed by atoms with Crippen molar-refractivity contribution in [3.63, 3.8) is 0 Å². The smallest absolute Gasteiger partial charge is 0.0704 e. The van der Waals surface area contributed by atoms with Crippen molar-refractivity contribution >= 4 is 10.9 Å². The summed E-state index contributed by atoms with van der Waals surface area (Å²) in [5, 5.41) is 12.0. The highest BCUT2D eigenvalue weighted by Gasteiger charge is 2.36. The lowest BCUT2D eigenvalue weighted by Gasteiger charge is -2.41. The van der Waals surface area contributed by atoms with Crippen molar-refractivity contribution < 1.29 is 5.11 Å². The van der Waals surface area contributed by atoms with Crippen molar-refractivity contribution in [2.24, 2.45) is 11.3 Å². The molecule has 1 aromatic heterocycles. The summed E-state index contributed by atoms with van der Waals surface area (Å²) in [7, 11) is 0. The number of aliphatic hydroxyl groups is 1. The van der Waals surface area contributed by atoms with E-state index in [-0.39, 0.29) is 11.5 Å².